The van der Waals surface area contributed by atoms with Gasteiger partial charge in [-0.25, -0.2) is 0 Å². The van der Waals surface area contributed by atoms with Crippen molar-refractivity contribution in [2.75, 3.05) is 0 Å². The number of ketones is 2. The molecule has 6 nitrogen and oxygen atoms in total. The van der Waals surface area contributed by atoms with Crippen molar-refractivity contribution >= 4 is 17.5 Å². The van der Waals surface area contributed by atoms with E-state index >= 15 is 0 Å². The minimum atomic E-state index is -0.847. The number of fused-ring (bicyclic) bond motifs is 3. The summed E-state index contributed by atoms with van der Waals surface area (Å²) in [5.41, 5.74) is 0.627. The summed E-state index contributed by atoms with van der Waals surface area (Å²) >= 11 is 0. The molecule has 0 bridgehead atoms. The summed E-state index contributed by atoms with van der Waals surface area (Å²) in [7, 11) is 0. The molecular formula is C20H20O6. The standard InChI is InChI=1S/C20H20O6/c1-9(2)6-7-12-16-17(20-13(25-12)8-14(22)26-20)18(23)10-4-3-5-11(21)15(10)19(16)24/h3-5,9,12-13,20-21H,6-8H2,1-2H3/t12-,13-,20+/m1/s1. The number of Topliss-reactive ketones (excluding diaryl/α,β-unsaturated/α-hetero) is 2. The molecule has 2 heterocycles. The smallest absolute Gasteiger partial charge is 0.309 e. The van der Waals surface area contributed by atoms with E-state index in [9.17, 15) is 19.5 Å². The molecule has 6 heteroatoms. The SMILES string of the molecule is CC(C)CC[C@H]1O[C@@H]2CC(=O)O[C@@H]2C2=C1C(=O)c1c(O)cccc1C2=O. The van der Waals surface area contributed by atoms with Gasteiger partial charge >= 0.3 is 5.97 Å². The molecule has 0 aromatic heterocycles. The van der Waals surface area contributed by atoms with E-state index in [1.54, 1.807) is 0 Å². The van der Waals surface area contributed by atoms with Crippen LogP contribution in [0.5, 0.6) is 5.75 Å². The Kier molecular flexibility index (Phi) is 3.95. The Labute approximate surface area is 150 Å². The van der Waals surface area contributed by atoms with Gasteiger partial charge in [0.15, 0.2) is 17.7 Å². The summed E-state index contributed by atoms with van der Waals surface area (Å²) < 4.78 is 11.3. The minimum absolute atomic E-state index is 0.0113. The van der Waals surface area contributed by atoms with E-state index in [0.717, 1.165) is 6.42 Å². The summed E-state index contributed by atoms with van der Waals surface area (Å²) in [4.78, 5) is 38.0. The molecule has 4 rings (SSSR count). The largest absolute Gasteiger partial charge is 0.507 e. The molecule has 0 amide bonds. The zero-order valence-corrected chi connectivity index (χ0v) is 14.7. The molecule has 2 aliphatic heterocycles. The van der Waals surface area contributed by atoms with Crippen LogP contribution in [0.3, 0.4) is 0 Å². The molecule has 1 N–H and O–H groups in total. The number of ether oxygens (including phenoxy) is 2. The van der Waals surface area contributed by atoms with Gasteiger partial charge in [-0.3, -0.25) is 14.4 Å². The second kappa shape index (κ2) is 6.06. The number of esters is 1. The number of phenolic OH excluding ortho intramolecular Hbond substituents is 1. The van der Waals surface area contributed by atoms with Crippen LogP contribution in [0, 0.1) is 5.92 Å². The predicted molar refractivity (Wildman–Crippen MR) is 91.0 cm³/mol. The highest BCUT2D eigenvalue weighted by atomic mass is 16.6. The monoisotopic (exact) mass is 356 g/mol. The van der Waals surface area contributed by atoms with Crippen LogP contribution in [-0.2, 0) is 14.3 Å². The van der Waals surface area contributed by atoms with Crippen molar-refractivity contribution in [3.8, 4) is 5.75 Å². The molecule has 0 spiro atoms. The maximum absolute atomic E-state index is 13.2. The lowest BCUT2D eigenvalue weighted by atomic mass is 9.76. The topological polar surface area (TPSA) is 89.9 Å². The van der Waals surface area contributed by atoms with Crippen LogP contribution < -0.4 is 0 Å². The van der Waals surface area contributed by atoms with Crippen LogP contribution in [0.15, 0.2) is 29.3 Å². The zero-order chi connectivity index (χ0) is 18.6. The van der Waals surface area contributed by atoms with E-state index in [1.165, 1.54) is 18.2 Å². The quantitative estimate of drug-likeness (QED) is 0.837. The Bertz CT molecular complexity index is 850. The molecule has 1 aromatic rings. The van der Waals surface area contributed by atoms with Gasteiger partial charge in [0.1, 0.15) is 11.9 Å². The molecule has 3 aliphatic rings. The molecule has 1 saturated heterocycles. The first kappa shape index (κ1) is 17.0. The lowest BCUT2D eigenvalue weighted by molar-refractivity contribution is -0.140. The van der Waals surface area contributed by atoms with E-state index < -0.39 is 30.1 Å². The van der Waals surface area contributed by atoms with Gasteiger partial charge in [0.25, 0.3) is 0 Å². The maximum atomic E-state index is 13.2. The molecule has 1 aromatic carbocycles. The third-order valence-corrected chi connectivity index (χ3v) is 5.21. The van der Waals surface area contributed by atoms with Gasteiger partial charge in [-0.2, -0.15) is 0 Å². The van der Waals surface area contributed by atoms with Crippen molar-refractivity contribution in [1.82, 2.24) is 0 Å². The van der Waals surface area contributed by atoms with E-state index in [1.807, 2.05) is 0 Å². The normalized spacial score (nSPS) is 27.3. The number of carbonyl (C=O) groups excluding carboxylic acids is 3. The first-order chi connectivity index (χ1) is 12.4. The van der Waals surface area contributed by atoms with Gasteiger partial charge in [0.2, 0.25) is 0 Å². The van der Waals surface area contributed by atoms with Gasteiger partial charge in [0.05, 0.1) is 23.7 Å². The maximum Gasteiger partial charge on any atom is 0.309 e. The molecule has 0 radical (unpaired) electrons. The summed E-state index contributed by atoms with van der Waals surface area (Å²) in [5.74, 6) is -1.04. The van der Waals surface area contributed by atoms with Gasteiger partial charge in [-0.1, -0.05) is 26.0 Å². The van der Waals surface area contributed by atoms with Crippen LogP contribution in [0.2, 0.25) is 0 Å². The number of hydrogen-bond donors (Lipinski definition) is 1. The number of carbonyl (C=O) groups is 3. The third-order valence-electron chi connectivity index (χ3n) is 5.21. The summed E-state index contributed by atoms with van der Waals surface area (Å²) in [6, 6.07) is 4.43. The number of hydrogen-bond acceptors (Lipinski definition) is 6. The first-order valence-electron chi connectivity index (χ1n) is 8.88. The Morgan fingerprint density at radius 2 is 1.92 bits per heavy atom. The van der Waals surface area contributed by atoms with Crippen molar-refractivity contribution in [2.24, 2.45) is 5.92 Å². The van der Waals surface area contributed by atoms with Crippen LogP contribution in [-0.4, -0.2) is 41.0 Å². The van der Waals surface area contributed by atoms with Gasteiger partial charge in [-0.05, 0) is 24.8 Å². The van der Waals surface area contributed by atoms with Gasteiger partial charge < -0.3 is 14.6 Å². The number of phenols is 1. The van der Waals surface area contributed by atoms with Crippen molar-refractivity contribution < 1.29 is 29.0 Å². The van der Waals surface area contributed by atoms with Crippen molar-refractivity contribution in [3.63, 3.8) is 0 Å². The Morgan fingerprint density at radius 3 is 2.65 bits per heavy atom. The van der Waals surface area contributed by atoms with Crippen molar-refractivity contribution in [3.05, 3.63) is 40.5 Å². The fourth-order valence-electron chi connectivity index (χ4n) is 3.97. The number of aromatic hydroxyl groups is 1. The molecule has 1 fully saturated rings. The average Bonchev–Trinajstić information content (AvgIpc) is 2.96. The van der Waals surface area contributed by atoms with E-state index in [4.69, 9.17) is 9.47 Å². The minimum Gasteiger partial charge on any atom is -0.507 e. The van der Waals surface area contributed by atoms with Crippen LogP contribution >= 0.6 is 0 Å². The van der Waals surface area contributed by atoms with Crippen molar-refractivity contribution in [1.29, 1.82) is 0 Å². The van der Waals surface area contributed by atoms with Gasteiger partial charge in [-0.15, -0.1) is 0 Å². The highest BCUT2D eigenvalue weighted by Gasteiger charge is 2.52. The molecule has 1 aliphatic carbocycles. The lowest BCUT2D eigenvalue weighted by Crippen LogP contribution is -2.45. The van der Waals surface area contributed by atoms with Crippen LogP contribution in [0.1, 0.15) is 53.8 Å². The van der Waals surface area contributed by atoms with E-state index in [-0.39, 0.29) is 40.2 Å². The van der Waals surface area contributed by atoms with Crippen LogP contribution in [0.4, 0.5) is 0 Å². The second-order valence-corrected chi connectivity index (χ2v) is 7.43. The molecule has 136 valence electrons. The highest BCUT2D eigenvalue weighted by Crippen LogP contribution is 2.43. The average molecular weight is 356 g/mol. The molecule has 0 saturated carbocycles. The number of benzene rings is 1. The molecule has 3 atom stereocenters. The lowest BCUT2D eigenvalue weighted by Gasteiger charge is -2.37. The Hall–Kier alpha value is -2.47. The van der Waals surface area contributed by atoms with E-state index in [0.29, 0.717) is 12.3 Å². The molecular weight excluding hydrogens is 336 g/mol. The predicted octanol–water partition coefficient (Wildman–Crippen LogP) is 2.59. The summed E-state index contributed by atoms with van der Waals surface area (Å²) in [6.45, 7) is 4.14. The summed E-state index contributed by atoms with van der Waals surface area (Å²) in [6.07, 6.45) is -0.520. The fraction of sp³-hybridized carbons (Fsp3) is 0.450. The molecule has 26 heavy (non-hydrogen) atoms. The van der Waals surface area contributed by atoms with E-state index in [2.05, 4.69) is 13.8 Å². The van der Waals surface area contributed by atoms with Crippen molar-refractivity contribution in [2.45, 2.75) is 51.4 Å². The first-order valence-corrected chi connectivity index (χ1v) is 8.88. The molecule has 0 unspecified atom stereocenters. The second-order valence-electron chi connectivity index (χ2n) is 7.43. The number of rotatable bonds is 3. The highest BCUT2D eigenvalue weighted by molar-refractivity contribution is 6.29. The third kappa shape index (κ3) is 2.48. The van der Waals surface area contributed by atoms with Crippen LogP contribution in [0.25, 0.3) is 0 Å². The summed E-state index contributed by atoms with van der Waals surface area (Å²) in [5, 5.41) is 10.1. The Balaban J connectivity index is 1.85. The Morgan fingerprint density at radius 1 is 1.15 bits per heavy atom. The fourth-order valence-corrected chi connectivity index (χ4v) is 3.97. The van der Waals surface area contributed by atoms with Gasteiger partial charge in [0, 0.05) is 11.1 Å². The zero-order valence-electron chi connectivity index (χ0n) is 14.7.